The number of nitriles is 1. The summed E-state index contributed by atoms with van der Waals surface area (Å²) in [5.41, 5.74) is 3.89. The van der Waals surface area contributed by atoms with Crippen molar-refractivity contribution in [2.24, 2.45) is 0 Å². The van der Waals surface area contributed by atoms with Crippen molar-refractivity contribution in [3.8, 4) is 6.07 Å². The lowest BCUT2D eigenvalue weighted by Crippen LogP contribution is -1.99. The molecule has 3 aromatic rings. The van der Waals surface area contributed by atoms with Crippen LogP contribution in [0.15, 0.2) is 61.1 Å². The lowest BCUT2D eigenvalue weighted by Gasteiger charge is -2.08. The molecule has 1 aromatic heterocycles. The van der Waals surface area contributed by atoms with E-state index in [2.05, 4.69) is 35.3 Å². The smallest absolute Gasteiger partial charge is 0.146 e. The number of hydrogen-bond acceptors (Lipinski definition) is 2. The summed E-state index contributed by atoms with van der Waals surface area (Å²) in [5, 5.41) is 9.58. The third-order valence-corrected chi connectivity index (χ3v) is 3.68. The molecule has 23 heavy (non-hydrogen) atoms. The molecule has 0 unspecified atom stereocenters. The molecule has 0 radical (unpaired) electrons. The van der Waals surface area contributed by atoms with Crippen molar-refractivity contribution in [3.63, 3.8) is 0 Å². The summed E-state index contributed by atoms with van der Waals surface area (Å²) in [6, 6.07) is 18.0. The molecule has 3 nitrogen and oxygen atoms in total. The molecule has 0 atom stereocenters. The quantitative estimate of drug-likeness (QED) is 0.658. The second kappa shape index (κ2) is 6.95. The molecule has 3 rings (SSSR count). The summed E-state index contributed by atoms with van der Waals surface area (Å²) in [7, 11) is 0. The Kier molecular flexibility index (Phi) is 4.56. The molecule has 1 heterocycles. The Labute approximate surface area is 140 Å². The van der Waals surface area contributed by atoms with Crippen LogP contribution in [0, 0.1) is 11.3 Å². The highest BCUT2D eigenvalue weighted by Crippen LogP contribution is 2.17. The second-order valence-corrected chi connectivity index (χ2v) is 5.53. The fraction of sp³-hybridized carbons (Fsp3) is 0.0526. The van der Waals surface area contributed by atoms with E-state index in [1.807, 2.05) is 41.0 Å². The molecule has 0 saturated carbocycles. The molecule has 112 valence electrons. The maximum Gasteiger partial charge on any atom is 0.146 e. The Morgan fingerprint density at radius 2 is 1.96 bits per heavy atom. The van der Waals surface area contributed by atoms with E-state index in [-0.39, 0.29) is 0 Å². The largest absolute Gasteiger partial charge is 0.331 e. The van der Waals surface area contributed by atoms with Gasteiger partial charge in [-0.15, -0.1) is 0 Å². The highest BCUT2D eigenvalue weighted by molar-refractivity contribution is 6.29. The van der Waals surface area contributed by atoms with Gasteiger partial charge in [0.05, 0.1) is 18.0 Å². The van der Waals surface area contributed by atoms with Crippen molar-refractivity contribution in [1.82, 2.24) is 9.55 Å². The first-order valence-electron chi connectivity index (χ1n) is 7.18. The highest BCUT2D eigenvalue weighted by atomic mass is 35.5. The first kappa shape index (κ1) is 15.1. The first-order chi connectivity index (χ1) is 11.2. The average molecular weight is 320 g/mol. The van der Waals surface area contributed by atoms with Crippen molar-refractivity contribution >= 4 is 23.8 Å². The molecule has 0 fully saturated rings. The van der Waals surface area contributed by atoms with Gasteiger partial charge >= 0.3 is 0 Å². The summed E-state index contributed by atoms with van der Waals surface area (Å²) < 4.78 is 1.90. The molecular formula is C19H14ClN3. The lowest BCUT2D eigenvalue weighted by molar-refractivity contribution is 0.796. The lowest BCUT2D eigenvalue weighted by atomic mass is 10.0. The predicted molar refractivity (Wildman–Crippen MR) is 92.9 cm³/mol. The fourth-order valence-corrected chi connectivity index (χ4v) is 2.51. The van der Waals surface area contributed by atoms with Crippen LogP contribution < -0.4 is 0 Å². The van der Waals surface area contributed by atoms with Gasteiger partial charge in [0, 0.05) is 12.7 Å². The van der Waals surface area contributed by atoms with Crippen LogP contribution in [0.1, 0.15) is 22.3 Å². The van der Waals surface area contributed by atoms with Gasteiger partial charge in [-0.3, -0.25) is 0 Å². The van der Waals surface area contributed by atoms with Crippen molar-refractivity contribution < 1.29 is 0 Å². The van der Waals surface area contributed by atoms with E-state index in [0.29, 0.717) is 17.3 Å². The third-order valence-electron chi connectivity index (χ3n) is 3.48. The molecule has 0 bridgehead atoms. The number of imidazole rings is 1. The van der Waals surface area contributed by atoms with Crippen LogP contribution in [0.25, 0.3) is 12.2 Å². The normalized spacial score (nSPS) is 10.8. The molecule has 0 amide bonds. The van der Waals surface area contributed by atoms with Crippen molar-refractivity contribution in [2.75, 3.05) is 0 Å². The van der Waals surface area contributed by atoms with E-state index < -0.39 is 0 Å². The zero-order chi connectivity index (χ0) is 16.1. The van der Waals surface area contributed by atoms with Gasteiger partial charge in [-0.1, -0.05) is 60.2 Å². The van der Waals surface area contributed by atoms with Gasteiger partial charge < -0.3 is 4.57 Å². The predicted octanol–water partition coefficient (Wildman–Crippen LogP) is 4.63. The molecule has 0 spiro atoms. The first-order valence-corrected chi connectivity index (χ1v) is 7.56. The van der Waals surface area contributed by atoms with Gasteiger partial charge in [-0.2, -0.15) is 5.26 Å². The standard InChI is InChI=1S/C19H14ClN3/c20-19-13-23(14-22-19)12-18-10-16(11-21)7-9-17(18)8-6-15-4-2-1-3-5-15/h1-10,13-14H,12H2/b8-6-. The molecule has 0 aliphatic heterocycles. The molecule has 4 heteroatoms. The van der Waals surface area contributed by atoms with E-state index in [1.54, 1.807) is 12.5 Å². The van der Waals surface area contributed by atoms with E-state index in [1.165, 1.54) is 0 Å². The number of halogens is 1. The van der Waals surface area contributed by atoms with Crippen molar-refractivity contribution in [2.45, 2.75) is 6.54 Å². The van der Waals surface area contributed by atoms with Gasteiger partial charge in [0.1, 0.15) is 5.15 Å². The fourth-order valence-electron chi connectivity index (χ4n) is 2.34. The van der Waals surface area contributed by atoms with Crippen LogP contribution in [-0.4, -0.2) is 9.55 Å². The molecule has 0 N–H and O–H groups in total. The molecule has 0 saturated heterocycles. The Morgan fingerprint density at radius 3 is 2.65 bits per heavy atom. The van der Waals surface area contributed by atoms with Crippen LogP contribution in [0.2, 0.25) is 5.15 Å². The van der Waals surface area contributed by atoms with Crippen LogP contribution in [0.4, 0.5) is 0 Å². The number of aromatic nitrogens is 2. The van der Waals surface area contributed by atoms with Gasteiger partial charge in [0.15, 0.2) is 0 Å². The minimum Gasteiger partial charge on any atom is -0.331 e. The maximum atomic E-state index is 9.12. The van der Waals surface area contributed by atoms with Gasteiger partial charge in [0.25, 0.3) is 0 Å². The third kappa shape index (κ3) is 3.88. The Balaban J connectivity index is 1.93. The van der Waals surface area contributed by atoms with E-state index in [0.717, 1.165) is 16.7 Å². The summed E-state index contributed by atoms with van der Waals surface area (Å²) in [6.07, 6.45) is 7.58. The molecule has 0 aliphatic rings. The number of hydrogen-bond donors (Lipinski definition) is 0. The summed E-state index contributed by atoms with van der Waals surface area (Å²) in [4.78, 5) is 4.02. The van der Waals surface area contributed by atoms with E-state index in [4.69, 9.17) is 16.9 Å². The Hall–Kier alpha value is -2.83. The zero-order valence-corrected chi connectivity index (χ0v) is 13.1. The minimum atomic E-state index is 0.461. The molecule has 0 aliphatic carbocycles. The monoisotopic (exact) mass is 319 g/mol. The number of rotatable bonds is 4. The van der Waals surface area contributed by atoms with Crippen molar-refractivity contribution in [1.29, 1.82) is 5.26 Å². The minimum absolute atomic E-state index is 0.461. The van der Waals surface area contributed by atoms with Crippen LogP contribution >= 0.6 is 11.6 Å². The topological polar surface area (TPSA) is 41.6 Å². The summed E-state index contributed by atoms with van der Waals surface area (Å²) in [5.74, 6) is 0. The Morgan fingerprint density at radius 1 is 1.13 bits per heavy atom. The van der Waals surface area contributed by atoms with Crippen molar-refractivity contribution in [3.05, 3.63) is 88.5 Å². The van der Waals surface area contributed by atoms with Crippen LogP contribution in [0.3, 0.4) is 0 Å². The van der Waals surface area contributed by atoms with E-state index >= 15 is 0 Å². The van der Waals surface area contributed by atoms with Crippen LogP contribution in [-0.2, 0) is 6.54 Å². The zero-order valence-electron chi connectivity index (χ0n) is 12.4. The van der Waals surface area contributed by atoms with Gasteiger partial charge in [-0.25, -0.2) is 4.98 Å². The maximum absolute atomic E-state index is 9.12. The molecule has 2 aromatic carbocycles. The average Bonchev–Trinajstić information content (AvgIpc) is 2.99. The summed E-state index contributed by atoms with van der Waals surface area (Å²) >= 11 is 5.87. The van der Waals surface area contributed by atoms with Gasteiger partial charge in [-0.05, 0) is 28.8 Å². The summed E-state index contributed by atoms with van der Waals surface area (Å²) in [6.45, 7) is 0.615. The highest BCUT2D eigenvalue weighted by Gasteiger charge is 2.04. The number of nitrogens with zero attached hydrogens (tertiary/aromatic N) is 3. The Bertz CT molecular complexity index is 873. The SMILES string of the molecule is N#Cc1ccc(/C=C\c2ccccc2)c(Cn2cnc(Cl)c2)c1. The second-order valence-electron chi connectivity index (χ2n) is 5.14. The molecular weight excluding hydrogens is 306 g/mol. The van der Waals surface area contributed by atoms with E-state index in [9.17, 15) is 0 Å². The van der Waals surface area contributed by atoms with Gasteiger partial charge in [0.2, 0.25) is 0 Å². The van der Waals surface area contributed by atoms with Crippen LogP contribution in [0.5, 0.6) is 0 Å². The number of benzene rings is 2.